The van der Waals surface area contributed by atoms with Crippen LogP contribution < -0.4 is 4.72 Å². The zero-order valence-electron chi connectivity index (χ0n) is 13.1. The molecule has 0 radical (unpaired) electrons. The molecule has 126 valence electrons. The molecule has 0 amide bonds. The van der Waals surface area contributed by atoms with Gasteiger partial charge in [0, 0.05) is 19.4 Å². The standard InChI is InChI=1S/C15H16FN5O2S/c1-11-15(10-20(2)18-11)24(22,23)19-14-7-17-21(9-14)8-12-4-3-5-13(16)6-12/h3-7,9-10,19H,8H2,1-2H3. The molecule has 0 aliphatic rings. The SMILES string of the molecule is Cc1nn(C)cc1S(=O)(=O)Nc1cnn(Cc2cccc(F)c2)c1. The molecule has 0 bridgehead atoms. The van der Waals surface area contributed by atoms with Crippen molar-refractivity contribution in [2.24, 2.45) is 7.05 Å². The van der Waals surface area contributed by atoms with E-state index in [-0.39, 0.29) is 10.7 Å². The molecule has 24 heavy (non-hydrogen) atoms. The van der Waals surface area contributed by atoms with Crippen LogP contribution in [0.3, 0.4) is 0 Å². The van der Waals surface area contributed by atoms with Crippen LogP contribution in [0.15, 0.2) is 47.8 Å². The molecule has 0 spiro atoms. The van der Waals surface area contributed by atoms with Gasteiger partial charge in [-0.05, 0) is 24.6 Å². The molecular weight excluding hydrogens is 333 g/mol. The summed E-state index contributed by atoms with van der Waals surface area (Å²) in [6.07, 6.45) is 4.39. The van der Waals surface area contributed by atoms with Gasteiger partial charge in [0.15, 0.2) is 0 Å². The van der Waals surface area contributed by atoms with E-state index >= 15 is 0 Å². The highest BCUT2D eigenvalue weighted by atomic mass is 32.2. The van der Waals surface area contributed by atoms with Gasteiger partial charge in [-0.3, -0.25) is 14.1 Å². The average molecular weight is 349 g/mol. The molecule has 0 saturated heterocycles. The maximum atomic E-state index is 13.2. The van der Waals surface area contributed by atoms with Crippen molar-refractivity contribution in [2.45, 2.75) is 18.4 Å². The van der Waals surface area contributed by atoms with Crippen LogP contribution in [0.1, 0.15) is 11.3 Å². The Kier molecular flexibility index (Phi) is 4.10. The fourth-order valence-corrected chi connectivity index (χ4v) is 3.62. The van der Waals surface area contributed by atoms with E-state index in [9.17, 15) is 12.8 Å². The van der Waals surface area contributed by atoms with Crippen LogP contribution in [0.25, 0.3) is 0 Å². The molecule has 2 heterocycles. The Balaban J connectivity index is 1.77. The second-order valence-electron chi connectivity index (χ2n) is 5.41. The summed E-state index contributed by atoms with van der Waals surface area (Å²) in [6.45, 7) is 1.97. The first-order valence-corrected chi connectivity index (χ1v) is 8.62. The first kappa shape index (κ1) is 16.2. The average Bonchev–Trinajstić information content (AvgIpc) is 3.05. The summed E-state index contributed by atoms with van der Waals surface area (Å²) < 4.78 is 43.4. The predicted octanol–water partition coefficient (Wildman–Crippen LogP) is 1.91. The lowest BCUT2D eigenvalue weighted by Crippen LogP contribution is -2.13. The number of nitrogens with one attached hydrogen (secondary N) is 1. The minimum Gasteiger partial charge on any atom is -0.276 e. The van der Waals surface area contributed by atoms with Gasteiger partial charge in [0.25, 0.3) is 10.0 Å². The summed E-state index contributed by atoms with van der Waals surface area (Å²) in [5.74, 6) is -0.326. The third-order valence-electron chi connectivity index (χ3n) is 3.38. The van der Waals surface area contributed by atoms with Crippen LogP contribution in [-0.4, -0.2) is 28.0 Å². The summed E-state index contributed by atoms with van der Waals surface area (Å²) in [7, 11) is -2.08. The van der Waals surface area contributed by atoms with Gasteiger partial charge < -0.3 is 0 Å². The Morgan fingerprint density at radius 2 is 2.08 bits per heavy atom. The summed E-state index contributed by atoms with van der Waals surface area (Å²) in [6, 6.07) is 6.16. The summed E-state index contributed by atoms with van der Waals surface area (Å²) >= 11 is 0. The third kappa shape index (κ3) is 3.46. The van der Waals surface area contributed by atoms with Crippen LogP contribution in [0.5, 0.6) is 0 Å². The maximum absolute atomic E-state index is 13.2. The minimum atomic E-state index is -3.74. The van der Waals surface area contributed by atoms with E-state index in [0.717, 1.165) is 5.56 Å². The lowest BCUT2D eigenvalue weighted by Gasteiger charge is -2.04. The van der Waals surface area contributed by atoms with E-state index in [1.807, 2.05) is 0 Å². The number of sulfonamides is 1. The van der Waals surface area contributed by atoms with Gasteiger partial charge in [-0.25, -0.2) is 12.8 Å². The number of rotatable bonds is 5. The Labute approximate surface area is 138 Å². The smallest absolute Gasteiger partial charge is 0.265 e. The second-order valence-corrected chi connectivity index (χ2v) is 7.07. The topological polar surface area (TPSA) is 81.8 Å². The van der Waals surface area contributed by atoms with E-state index in [0.29, 0.717) is 17.9 Å². The molecule has 9 heteroatoms. The molecule has 3 rings (SSSR count). The van der Waals surface area contributed by atoms with Crippen molar-refractivity contribution in [3.63, 3.8) is 0 Å². The molecule has 2 aromatic heterocycles. The molecular formula is C15H16FN5O2S. The number of hydrogen-bond donors (Lipinski definition) is 1. The van der Waals surface area contributed by atoms with Crippen molar-refractivity contribution in [3.8, 4) is 0 Å². The fourth-order valence-electron chi connectivity index (χ4n) is 2.38. The zero-order valence-corrected chi connectivity index (χ0v) is 14.0. The normalized spacial score (nSPS) is 11.6. The van der Waals surface area contributed by atoms with Crippen molar-refractivity contribution in [1.29, 1.82) is 0 Å². The van der Waals surface area contributed by atoms with Crippen molar-refractivity contribution in [1.82, 2.24) is 19.6 Å². The quantitative estimate of drug-likeness (QED) is 0.763. The van der Waals surface area contributed by atoms with Crippen LogP contribution >= 0.6 is 0 Å². The highest BCUT2D eigenvalue weighted by Gasteiger charge is 2.20. The molecule has 0 saturated carbocycles. The van der Waals surface area contributed by atoms with E-state index < -0.39 is 10.0 Å². The first-order valence-electron chi connectivity index (χ1n) is 7.13. The van der Waals surface area contributed by atoms with Gasteiger partial charge in [0.2, 0.25) is 0 Å². The van der Waals surface area contributed by atoms with Crippen molar-refractivity contribution in [3.05, 3.63) is 59.9 Å². The Bertz CT molecular complexity index is 977. The highest BCUT2D eigenvalue weighted by molar-refractivity contribution is 7.92. The van der Waals surface area contributed by atoms with Gasteiger partial charge in [0.05, 0.1) is 24.1 Å². The molecule has 7 nitrogen and oxygen atoms in total. The van der Waals surface area contributed by atoms with Gasteiger partial charge in [-0.2, -0.15) is 10.2 Å². The van der Waals surface area contributed by atoms with Crippen LogP contribution in [0.4, 0.5) is 10.1 Å². The third-order valence-corrected chi connectivity index (χ3v) is 4.86. The first-order chi connectivity index (χ1) is 11.3. The molecule has 0 fully saturated rings. The molecule has 0 aliphatic carbocycles. The lowest BCUT2D eigenvalue weighted by atomic mass is 10.2. The molecule has 1 N–H and O–H groups in total. The highest BCUT2D eigenvalue weighted by Crippen LogP contribution is 2.18. The van der Waals surface area contributed by atoms with E-state index in [1.54, 1.807) is 32.3 Å². The molecule has 3 aromatic rings. The van der Waals surface area contributed by atoms with Crippen molar-refractivity contribution >= 4 is 15.7 Å². The lowest BCUT2D eigenvalue weighted by molar-refractivity contribution is 0.600. The number of hydrogen-bond acceptors (Lipinski definition) is 4. The van der Waals surface area contributed by atoms with Crippen LogP contribution in [-0.2, 0) is 23.6 Å². The number of halogens is 1. The number of benzene rings is 1. The van der Waals surface area contributed by atoms with E-state index in [1.165, 1.54) is 33.9 Å². The molecule has 0 aliphatic heterocycles. The largest absolute Gasteiger partial charge is 0.276 e. The van der Waals surface area contributed by atoms with Gasteiger partial charge >= 0.3 is 0 Å². The summed E-state index contributed by atoms with van der Waals surface area (Å²) in [4.78, 5) is 0.114. The fraction of sp³-hybridized carbons (Fsp3) is 0.200. The van der Waals surface area contributed by atoms with Crippen molar-refractivity contribution < 1.29 is 12.8 Å². The van der Waals surface area contributed by atoms with Crippen LogP contribution in [0, 0.1) is 12.7 Å². The molecule has 1 aromatic carbocycles. The number of nitrogens with zero attached hydrogens (tertiary/aromatic N) is 4. The number of aromatic nitrogens is 4. The minimum absolute atomic E-state index is 0.114. The van der Waals surface area contributed by atoms with Gasteiger partial charge in [0.1, 0.15) is 10.7 Å². The number of anilines is 1. The Hall–Kier alpha value is -2.68. The van der Waals surface area contributed by atoms with E-state index in [2.05, 4.69) is 14.9 Å². The van der Waals surface area contributed by atoms with Crippen LogP contribution in [0.2, 0.25) is 0 Å². The van der Waals surface area contributed by atoms with E-state index in [4.69, 9.17) is 0 Å². The zero-order chi connectivity index (χ0) is 17.3. The Morgan fingerprint density at radius 3 is 2.75 bits per heavy atom. The maximum Gasteiger partial charge on any atom is 0.265 e. The van der Waals surface area contributed by atoms with Gasteiger partial charge in [-0.15, -0.1) is 0 Å². The molecule has 0 atom stereocenters. The number of aryl methyl sites for hydroxylation is 2. The van der Waals surface area contributed by atoms with Crippen molar-refractivity contribution in [2.75, 3.05) is 4.72 Å². The second kappa shape index (κ2) is 6.08. The van der Waals surface area contributed by atoms with Gasteiger partial charge in [-0.1, -0.05) is 12.1 Å². The summed E-state index contributed by atoms with van der Waals surface area (Å²) in [5.41, 5.74) is 1.47. The molecule has 0 unspecified atom stereocenters. The summed E-state index contributed by atoms with van der Waals surface area (Å²) in [5, 5.41) is 8.12. The predicted molar refractivity (Wildman–Crippen MR) is 86.5 cm³/mol. The Morgan fingerprint density at radius 1 is 1.29 bits per heavy atom. The monoisotopic (exact) mass is 349 g/mol.